The van der Waals surface area contributed by atoms with Gasteiger partial charge in [-0.25, -0.2) is 0 Å². The van der Waals surface area contributed by atoms with Crippen molar-refractivity contribution in [3.05, 3.63) is 29.8 Å². The normalized spacial score (nSPS) is 30.7. The molecule has 2 unspecified atom stereocenters. The molecule has 0 amide bonds. The maximum Gasteiger partial charge on any atom is 0.125 e. The molecule has 1 aliphatic heterocycles. The Bertz CT molecular complexity index is 464. The Morgan fingerprint density at radius 2 is 1.89 bits per heavy atom. The minimum atomic E-state index is -0.150. The fourth-order valence-electron chi connectivity index (χ4n) is 3.07. The lowest BCUT2D eigenvalue weighted by molar-refractivity contribution is 0.0956. The second kappa shape index (κ2) is 3.74. The van der Waals surface area contributed by atoms with Crippen LogP contribution in [0.4, 0.5) is 0 Å². The van der Waals surface area contributed by atoms with Gasteiger partial charge < -0.3 is 10.1 Å². The van der Waals surface area contributed by atoms with Gasteiger partial charge in [-0.1, -0.05) is 32.0 Å². The molecule has 18 heavy (non-hydrogen) atoms. The molecule has 2 aliphatic rings. The van der Waals surface area contributed by atoms with E-state index in [0.29, 0.717) is 11.5 Å². The molecule has 1 aromatic carbocycles. The van der Waals surface area contributed by atoms with Crippen LogP contribution >= 0.6 is 0 Å². The lowest BCUT2D eigenvalue weighted by Gasteiger charge is -2.27. The van der Waals surface area contributed by atoms with Gasteiger partial charge in [-0.2, -0.15) is 0 Å². The van der Waals surface area contributed by atoms with Crippen molar-refractivity contribution in [1.29, 1.82) is 0 Å². The molecule has 3 rings (SSSR count). The highest BCUT2D eigenvalue weighted by molar-refractivity contribution is 5.42. The topological polar surface area (TPSA) is 21.3 Å². The summed E-state index contributed by atoms with van der Waals surface area (Å²) in [5.41, 5.74) is 1.69. The molecule has 2 nitrogen and oxygen atoms in total. The fourth-order valence-corrected chi connectivity index (χ4v) is 3.07. The van der Waals surface area contributed by atoms with Crippen LogP contribution in [0.5, 0.6) is 5.75 Å². The van der Waals surface area contributed by atoms with Gasteiger partial charge in [-0.3, -0.25) is 0 Å². The van der Waals surface area contributed by atoms with Crippen LogP contribution < -0.4 is 10.1 Å². The smallest absolute Gasteiger partial charge is 0.125 e. The van der Waals surface area contributed by atoms with Crippen LogP contribution in [0.15, 0.2) is 24.3 Å². The monoisotopic (exact) mass is 245 g/mol. The van der Waals surface area contributed by atoms with Gasteiger partial charge in [0.05, 0.1) is 6.04 Å². The highest BCUT2D eigenvalue weighted by Gasteiger charge is 2.47. The molecule has 1 N–H and O–H groups in total. The third-order valence-corrected chi connectivity index (χ3v) is 4.58. The number of para-hydroxylation sites is 1. The lowest BCUT2D eigenvalue weighted by Crippen LogP contribution is -2.40. The Labute approximate surface area is 110 Å². The first-order valence-corrected chi connectivity index (χ1v) is 6.91. The number of benzene rings is 1. The zero-order chi connectivity index (χ0) is 13.0. The summed E-state index contributed by atoms with van der Waals surface area (Å²) in [7, 11) is 0. The molecule has 0 aromatic heterocycles. The number of fused-ring (bicyclic) bond motifs is 1. The van der Waals surface area contributed by atoms with Crippen molar-refractivity contribution in [2.45, 2.75) is 45.8 Å². The number of nitrogens with one attached hydrogen (secondary N) is 1. The standard InChI is InChI=1S/C16H23NO/c1-15(2)9-11(15)10-17-14-12-7-5-6-8-13(12)18-16(14,3)4/h5-8,11,14,17H,9-10H2,1-4H3. The largest absolute Gasteiger partial charge is 0.486 e. The van der Waals surface area contributed by atoms with Crippen molar-refractivity contribution in [2.75, 3.05) is 6.54 Å². The van der Waals surface area contributed by atoms with Crippen molar-refractivity contribution in [2.24, 2.45) is 11.3 Å². The van der Waals surface area contributed by atoms with Gasteiger partial charge >= 0.3 is 0 Å². The van der Waals surface area contributed by atoms with Crippen LogP contribution in [-0.2, 0) is 0 Å². The summed E-state index contributed by atoms with van der Waals surface area (Å²) in [4.78, 5) is 0. The summed E-state index contributed by atoms with van der Waals surface area (Å²) < 4.78 is 6.05. The van der Waals surface area contributed by atoms with E-state index in [-0.39, 0.29) is 5.60 Å². The molecule has 98 valence electrons. The number of rotatable bonds is 3. The highest BCUT2D eigenvalue weighted by atomic mass is 16.5. The van der Waals surface area contributed by atoms with E-state index >= 15 is 0 Å². The Hall–Kier alpha value is -1.02. The number of hydrogen-bond acceptors (Lipinski definition) is 2. The summed E-state index contributed by atoms with van der Waals surface area (Å²) in [6.45, 7) is 10.1. The van der Waals surface area contributed by atoms with E-state index in [1.54, 1.807) is 0 Å². The summed E-state index contributed by atoms with van der Waals surface area (Å²) in [5.74, 6) is 1.86. The zero-order valence-corrected chi connectivity index (χ0v) is 11.8. The fraction of sp³-hybridized carbons (Fsp3) is 0.625. The van der Waals surface area contributed by atoms with Gasteiger partial charge in [-0.05, 0) is 44.2 Å². The van der Waals surface area contributed by atoms with Crippen molar-refractivity contribution in [3.8, 4) is 5.75 Å². The van der Waals surface area contributed by atoms with E-state index in [9.17, 15) is 0 Å². The predicted octanol–water partition coefficient (Wildman–Crippen LogP) is 3.53. The second-order valence-electron chi connectivity index (χ2n) is 6.97. The van der Waals surface area contributed by atoms with Crippen LogP contribution in [0.1, 0.15) is 45.7 Å². The van der Waals surface area contributed by atoms with Crippen LogP contribution in [0.2, 0.25) is 0 Å². The first kappa shape index (κ1) is 12.0. The molecule has 0 radical (unpaired) electrons. The van der Waals surface area contributed by atoms with Gasteiger partial charge in [0.15, 0.2) is 0 Å². The van der Waals surface area contributed by atoms with Gasteiger partial charge in [0.2, 0.25) is 0 Å². The van der Waals surface area contributed by atoms with Crippen LogP contribution in [-0.4, -0.2) is 12.1 Å². The van der Waals surface area contributed by atoms with Gasteiger partial charge in [0.25, 0.3) is 0 Å². The lowest BCUT2D eigenvalue weighted by atomic mass is 9.94. The maximum atomic E-state index is 6.05. The molecular weight excluding hydrogens is 222 g/mol. The Kier molecular flexibility index (Phi) is 2.50. The minimum absolute atomic E-state index is 0.150. The average molecular weight is 245 g/mol. The molecule has 2 heteroatoms. The third-order valence-electron chi connectivity index (χ3n) is 4.58. The Morgan fingerprint density at radius 3 is 2.56 bits per heavy atom. The first-order chi connectivity index (χ1) is 8.40. The first-order valence-electron chi connectivity index (χ1n) is 6.91. The van der Waals surface area contributed by atoms with Gasteiger partial charge in [-0.15, -0.1) is 0 Å². The molecule has 2 atom stereocenters. The van der Waals surface area contributed by atoms with E-state index < -0.39 is 0 Å². The molecule has 1 saturated carbocycles. The average Bonchev–Trinajstić information content (AvgIpc) is 2.79. The van der Waals surface area contributed by atoms with Crippen molar-refractivity contribution >= 4 is 0 Å². The molecule has 0 bridgehead atoms. The Morgan fingerprint density at radius 1 is 1.22 bits per heavy atom. The van der Waals surface area contributed by atoms with Crippen LogP contribution in [0.25, 0.3) is 0 Å². The highest BCUT2D eigenvalue weighted by Crippen LogP contribution is 2.52. The summed E-state index contributed by atoms with van der Waals surface area (Å²) >= 11 is 0. The minimum Gasteiger partial charge on any atom is -0.486 e. The van der Waals surface area contributed by atoms with E-state index in [1.165, 1.54) is 12.0 Å². The van der Waals surface area contributed by atoms with Crippen molar-refractivity contribution in [1.82, 2.24) is 5.32 Å². The quantitative estimate of drug-likeness (QED) is 0.879. The van der Waals surface area contributed by atoms with Crippen molar-refractivity contribution in [3.63, 3.8) is 0 Å². The molecular formula is C16H23NO. The van der Waals surface area contributed by atoms with Crippen molar-refractivity contribution < 1.29 is 4.74 Å². The molecule has 1 fully saturated rings. The number of hydrogen-bond donors (Lipinski definition) is 1. The summed E-state index contributed by atoms with van der Waals surface area (Å²) in [6.07, 6.45) is 1.34. The second-order valence-corrected chi connectivity index (χ2v) is 6.97. The predicted molar refractivity (Wildman–Crippen MR) is 73.8 cm³/mol. The Balaban J connectivity index is 1.74. The van der Waals surface area contributed by atoms with E-state index in [1.807, 2.05) is 6.07 Å². The SMILES string of the molecule is CC1(C)CC1CNC1c2ccccc2OC1(C)C. The molecule has 1 aliphatic carbocycles. The summed E-state index contributed by atoms with van der Waals surface area (Å²) in [5, 5.41) is 3.72. The van der Waals surface area contributed by atoms with Crippen LogP contribution in [0.3, 0.4) is 0 Å². The molecule has 0 saturated heterocycles. The summed E-state index contributed by atoms with van der Waals surface area (Å²) in [6, 6.07) is 8.70. The molecule has 1 heterocycles. The van der Waals surface area contributed by atoms with Gasteiger partial charge in [0, 0.05) is 5.56 Å². The van der Waals surface area contributed by atoms with E-state index in [0.717, 1.165) is 18.2 Å². The van der Waals surface area contributed by atoms with E-state index in [4.69, 9.17) is 4.74 Å². The molecule has 1 aromatic rings. The van der Waals surface area contributed by atoms with E-state index in [2.05, 4.69) is 51.2 Å². The van der Waals surface area contributed by atoms with Crippen LogP contribution in [0, 0.1) is 11.3 Å². The number of ether oxygens (including phenoxy) is 1. The maximum absolute atomic E-state index is 6.05. The molecule has 0 spiro atoms. The zero-order valence-electron chi connectivity index (χ0n) is 11.8. The third kappa shape index (κ3) is 1.93. The van der Waals surface area contributed by atoms with Gasteiger partial charge in [0.1, 0.15) is 11.4 Å².